The molecule has 0 saturated heterocycles. The van der Waals surface area contributed by atoms with Crippen molar-refractivity contribution in [3.63, 3.8) is 0 Å². The van der Waals surface area contributed by atoms with Crippen molar-refractivity contribution < 1.29 is 13.2 Å². The molecule has 7 heteroatoms. The first-order valence-corrected chi connectivity index (χ1v) is 10.1. The molecule has 0 unspecified atom stereocenters. The third-order valence-corrected chi connectivity index (χ3v) is 5.29. The zero-order valence-corrected chi connectivity index (χ0v) is 17.6. The Hall–Kier alpha value is -2.70. The molecule has 4 aromatic rings. The highest BCUT2D eigenvalue weighted by atomic mass is 79.9. The van der Waals surface area contributed by atoms with E-state index in [4.69, 9.17) is 11.6 Å². The van der Waals surface area contributed by atoms with E-state index in [1.807, 2.05) is 42.5 Å². The average Bonchev–Trinajstić information content (AvgIpc) is 2.75. The van der Waals surface area contributed by atoms with Gasteiger partial charge in [-0.25, -0.2) is 9.97 Å². The zero-order chi connectivity index (χ0) is 21.3. The van der Waals surface area contributed by atoms with E-state index in [-0.39, 0.29) is 0 Å². The van der Waals surface area contributed by atoms with Gasteiger partial charge in [-0.15, -0.1) is 0 Å². The summed E-state index contributed by atoms with van der Waals surface area (Å²) in [6.45, 7) is 0. The molecule has 0 fully saturated rings. The molecule has 0 aliphatic heterocycles. The van der Waals surface area contributed by atoms with Gasteiger partial charge >= 0.3 is 6.18 Å². The highest BCUT2D eigenvalue weighted by Gasteiger charge is 2.30. The summed E-state index contributed by atoms with van der Waals surface area (Å²) in [5.41, 5.74) is 2.40. The van der Waals surface area contributed by atoms with Crippen LogP contribution in [0.25, 0.3) is 33.9 Å². The molecule has 3 aromatic carbocycles. The van der Waals surface area contributed by atoms with Crippen molar-refractivity contribution in [3.05, 3.63) is 93.9 Å². The average molecular weight is 490 g/mol. The second-order valence-corrected chi connectivity index (χ2v) is 7.85. The molecular weight excluding hydrogens is 477 g/mol. The molecule has 0 atom stereocenters. The molecule has 2 nitrogen and oxygen atoms in total. The number of hydrogen-bond acceptors (Lipinski definition) is 2. The van der Waals surface area contributed by atoms with E-state index in [0.717, 1.165) is 22.2 Å². The Balaban J connectivity index is 1.89. The van der Waals surface area contributed by atoms with Crippen molar-refractivity contribution in [1.29, 1.82) is 0 Å². The molecule has 0 spiro atoms. The minimum atomic E-state index is -4.39. The Morgan fingerprint density at radius 1 is 0.733 bits per heavy atom. The summed E-state index contributed by atoms with van der Waals surface area (Å²) in [4.78, 5) is 9.26. The number of hydrogen-bond donors (Lipinski definition) is 0. The van der Waals surface area contributed by atoms with Crippen LogP contribution >= 0.6 is 27.5 Å². The molecule has 4 rings (SSSR count). The summed E-state index contributed by atoms with van der Waals surface area (Å²) >= 11 is 9.83. The molecule has 1 aromatic heterocycles. The lowest BCUT2D eigenvalue weighted by Crippen LogP contribution is -2.04. The molecule has 0 aliphatic rings. The fourth-order valence-electron chi connectivity index (χ4n) is 2.97. The standard InChI is InChI=1S/C23H13BrClF3N2/c24-17-10-11-19(25)18(12-17)21-13-20(14-6-8-16(9-7-14)23(26,27)28)29-22(30-21)15-4-2-1-3-5-15/h1-13H. The quantitative estimate of drug-likeness (QED) is 0.292. The molecule has 0 saturated carbocycles. The minimum absolute atomic E-state index is 0.457. The highest BCUT2D eigenvalue weighted by molar-refractivity contribution is 9.10. The van der Waals surface area contributed by atoms with E-state index in [0.29, 0.717) is 33.4 Å². The molecular formula is C23H13BrClF3N2. The predicted octanol–water partition coefficient (Wildman–Crippen LogP) is 7.91. The summed E-state index contributed by atoms with van der Waals surface area (Å²) in [6.07, 6.45) is -4.39. The van der Waals surface area contributed by atoms with Gasteiger partial charge in [-0.05, 0) is 36.4 Å². The first-order chi connectivity index (χ1) is 14.3. The Labute approximate surface area is 184 Å². The van der Waals surface area contributed by atoms with Gasteiger partial charge in [0.2, 0.25) is 0 Å². The molecule has 0 bridgehead atoms. The molecule has 0 amide bonds. The lowest BCUT2D eigenvalue weighted by atomic mass is 10.0. The fourth-order valence-corrected chi connectivity index (χ4v) is 3.55. The number of alkyl halides is 3. The lowest BCUT2D eigenvalue weighted by molar-refractivity contribution is -0.137. The molecule has 150 valence electrons. The number of benzene rings is 3. The Bertz CT molecular complexity index is 1190. The molecule has 0 N–H and O–H groups in total. The number of halogens is 5. The third kappa shape index (κ3) is 4.40. The number of rotatable bonds is 3. The SMILES string of the molecule is FC(F)(F)c1ccc(-c2cc(-c3cc(Br)ccc3Cl)nc(-c3ccccc3)n2)cc1. The smallest absolute Gasteiger partial charge is 0.228 e. The van der Waals surface area contributed by atoms with Gasteiger partial charge in [0.1, 0.15) is 0 Å². The monoisotopic (exact) mass is 488 g/mol. The van der Waals surface area contributed by atoms with Gasteiger partial charge in [0.15, 0.2) is 5.82 Å². The maximum absolute atomic E-state index is 12.9. The van der Waals surface area contributed by atoms with Gasteiger partial charge in [0, 0.05) is 21.2 Å². The van der Waals surface area contributed by atoms with Gasteiger partial charge in [0.05, 0.1) is 22.0 Å². The summed E-state index contributed by atoms with van der Waals surface area (Å²) in [5.74, 6) is 0.457. The van der Waals surface area contributed by atoms with Crippen molar-refractivity contribution in [2.24, 2.45) is 0 Å². The van der Waals surface area contributed by atoms with E-state index in [1.165, 1.54) is 12.1 Å². The second kappa shape index (κ2) is 8.20. The van der Waals surface area contributed by atoms with Crippen LogP contribution in [-0.4, -0.2) is 9.97 Å². The normalized spacial score (nSPS) is 11.5. The van der Waals surface area contributed by atoms with Crippen LogP contribution in [0.1, 0.15) is 5.56 Å². The van der Waals surface area contributed by atoms with Gasteiger partial charge in [-0.1, -0.05) is 70.0 Å². The fraction of sp³-hybridized carbons (Fsp3) is 0.0435. The van der Waals surface area contributed by atoms with Crippen LogP contribution < -0.4 is 0 Å². The van der Waals surface area contributed by atoms with E-state index in [9.17, 15) is 13.2 Å². The van der Waals surface area contributed by atoms with Crippen LogP contribution in [0.2, 0.25) is 5.02 Å². The van der Waals surface area contributed by atoms with E-state index >= 15 is 0 Å². The maximum Gasteiger partial charge on any atom is 0.416 e. The summed E-state index contributed by atoms with van der Waals surface area (Å²) < 4.78 is 39.6. The van der Waals surface area contributed by atoms with Crippen LogP contribution in [0.4, 0.5) is 13.2 Å². The van der Waals surface area contributed by atoms with E-state index in [1.54, 1.807) is 12.1 Å². The topological polar surface area (TPSA) is 25.8 Å². The lowest BCUT2D eigenvalue weighted by Gasteiger charge is -2.11. The van der Waals surface area contributed by atoms with Gasteiger partial charge in [-0.2, -0.15) is 13.2 Å². The minimum Gasteiger partial charge on any atom is -0.228 e. The van der Waals surface area contributed by atoms with Crippen LogP contribution in [0, 0.1) is 0 Å². The Morgan fingerprint density at radius 3 is 2.07 bits per heavy atom. The van der Waals surface area contributed by atoms with Crippen molar-refractivity contribution in [1.82, 2.24) is 9.97 Å². The zero-order valence-electron chi connectivity index (χ0n) is 15.3. The van der Waals surface area contributed by atoms with E-state index < -0.39 is 11.7 Å². The van der Waals surface area contributed by atoms with Crippen LogP contribution in [0.3, 0.4) is 0 Å². The molecule has 0 aliphatic carbocycles. The first kappa shape index (κ1) is 20.6. The first-order valence-electron chi connectivity index (χ1n) is 8.89. The highest BCUT2D eigenvalue weighted by Crippen LogP contribution is 2.34. The number of nitrogens with zero attached hydrogens (tertiary/aromatic N) is 2. The van der Waals surface area contributed by atoms with Crippen molar-refractivity contribution in [2.45, 2.75) is 6.18 Å². The summed E-state index contributed by atoms with van der Waals surface area (Å²) in [5, 5.41) is 0.509. The Morgan fingerprint density at radius 2 is 1.40 bits per heavy atom. The van der Waals surface area contributed by atoms with Gasteiger partial charge in [-0.3, -0.25) is 0 Å². The molecule has 30 heavy (non-hydrogen) atoms. The van der Waals surface area contributed by atoms with Crippen LogP contribution in [-0.2, 0) is 6.18 Å². The van der Waals surface area contributed by atoms with Crippen molar-refractivity contribution in [3.8, 4) is 33.9 Å². The molecule has 0 radical (unpaired) electrons. The predicted molar refractivity (Wildman–Crippen MR) is 116 cm³/mol. The van der Waals surface area contributed by atoms with Gasteiger partial charge < -0.3 is 0 Å². The van der Waals surface area contributed by atoms with Crippen molar-refractivity contribution in [2.75, 3.05) is 0 Å². The second-order valence-electron chi connectivity index (χ2n) is 6.53. The summed E-state index contributed by atoms with van der Waals surface area (Å²) in [6, 6.07) is 21.4. The van der Waals surface area contributed by atoms with Crippen LogP contribution in [0.15, 0.2) is 83.3 Å². The van der Waals surface area contributed by atoms with Crippen molar-refractivity contribution >= 4 is 27.5 Å². The summed E-state index contributed by atoms with van der Waals surface area (Å²) in [7, 11) is 0. The third-order valence-electron chi connectivity index (χ3n) is 4.47. The van der Waals surface area contributed by atoms with Gasteiger partial charge in [0.25, 0.3) is 0 Å². The Kier molecular flexibility index (Phi) is 5.62. The largest absolute Gasteiger partial charge is 0.416 e. The maximum atomic E-state index is 12.9. The molecule has 1 heterocycles. The van der Waals surface area contributed by atoms with E-state index in [2.05, 4.69) is 25.9 Å². The number of aromatic nitrogens is 2. The van der Waals surface area contributed by atoms with Crippen LogP contribution in [0.5, 0.6) is 0 Å².